The van der Waals surface area contributed by atoms with Gasteiger partial charge in [-0.15, -0.1) is 0 Å². The third-order valence-corrected chi connectivity index (χ3v) is 0.647. The molecule has 4 nitrogen and oxygen atoms in total. The van der Waals surface area contributed by atoms with Crippen LogP contribution in [0.1, 0.15) is 6.42 Å². The molecule has 0 unspecified atom stereocenters. The van der Waals surface area contributed by atoms with Crippen LogP contribution in [0.5, 0.6) is 0 Å². The zero-order valence-corrected chi connectivity index (χ0v) is 4.59. The molecular weight excluding hydrogens is 110 g/mol. The Kier molecular flexibility index (Phi) is 3.14. The van der Waals surface area contributed by atoms with Gasteiger partial charge in [0, 0.05) is 7.05 Å². The highest BCUT2D eigenvalue weighted by Gasteiger charge is 2.02. The van der Waals surface area contributed by atoms with Crippen LogP contribution in [0.25, 0.3) is 0 Å². The van der Waals surface area contributed by atoms with Gasteiger partial charge in [-0.25, -0.2) is 0 Å². The summed E-state index contributed by atoms with van der Waals surface area (Å²) in [5, 5.41) is 18.5. The van der Waals surface area contributed by atoms with Gasteiger partial charge in [0.15, 0.2) is 6.29 Å². The summed E-state index contributed by atoms with van der Waals surface area (Å²) < 4.78 is 0. The monoisotopic (exact) mass is 119 g/mol. The molecule has 0 aromatic rings. The summed E-state index contributed by atoms with van der Waals surface area (Å²) in [6, 6.07) is 0. The first-order chi connectivity index (χ1) is 3.66. The van der Waals surface area contributed by atoms with Crippen LogP contribution in [0.4, 0.5) is 0 Å². The Hall–Kier alpha value is -0.610. The minimum absolute atomic E-state index is 0.253. The Morgan fingerprint density at radius 3 is 2.38 bits per heavy atom. The number of carbonyl (C=O) groups excluding carboxylic acids is 1. The smallest absolute Gasteiger partial charge is 0.224 e. The molecule has 0 heterocycles. The average molecular weight is 119 g/mol. The minimum atomic E-state index is -1.53. The molecule has 0 aliphatic heterocycles. The molecule has 3 N–H and O–H groups in total. The molecule has 0 aromatic carbocycles. The summed E-state index contributed by atoms with van der Waals surface area (Å²) in [4.78, 5) is 10.2. The fraction of sp³-hybridized carbons (Fsp3) is 0.750. The predicted molar refractivity (Wildman–Crippen MR) is 26.9 cm³/mol. The second kappa shape index (κ2) is 3.40. The van der Waals surface area contributed by atoms with E-state index in [1.165, 1.54) is 7.05 Å². The van der Waals surface area contributed by atoms with Crippen molar-refractivity contribution in [1.29, 1.82) is 0 Å². The number of aliphatic hydroxyl groups excluding tert-OH is 1. The Balaban J connectivity index is 3.25. The predicted octanol–water partition coefficient (Wildman–Crippen LogP) is -1.57. The molecule has 0 bridgehead atoms. The Labute approximate surface area is 47.1 Å². The quantitative estimate of drug-likeness (QED) is 0.385. The van der Waals surface area contributed by atoms with E-state index in [1.54, 1.807) is 0 Å². The number of nitrogens with one attached hydrogen (secondary N) is 1. The lowest BCUT2D eigenvalue weighted by Crippen LogP contribution is -2.23. The Morgan fingerprint density at radius 2 is 2.25 bits per heavy atom. The van der Waals surface area contributed by atoms with Crippen molar-refractivity contribution in [1.82, 2.24) is 5.32 Å². The van der Waals surface area contributed by atoms with Gasteiger partial charge in [0.2, 0.25) is 5.91 Å². The van der Waals surface area contributed by atoms with Gasteiger partial charge in [-0.1, -0.05) is 0 Å². The van der Waals surface area contributed by atoms with Crippen molar-refractivity contribution < 1.29 is 15.0 Å². The third-order valence-electron chi connectivity index (χ3n) is 0.647. The summed E-state index contributed by atoms with van der Waals surface area (Å²) in [6.45, 7) is 0. The standard InChI is InChI=1S/C4H9NO3/c1-5-3(6)2-4(7)8/h4,7-8H,2H2,1H3,(H,5,6). The lowest BCUT2D eigenvalue weighted by molar-refractivity contribution is -0.128. The van der Waals surface area contributed by atoms with E-state index in [0.29, 0.717) is 0 Å². The van der Waals surface area contributed by atoms with Crippen LogP contribution in [0, 0.1) is 0 Å². The summed E-state index contributed by atoms with van der Waals surface area (Å²) in [7, 11) is 1.44. The van der Waals surface area contributed by atoms with E-state index in [2.05, 4.69) is 5.32 Å². The third kappa shape index (κ3) is 3.58. The first kappa shape index (κ1) is 7.39. The SMILES string of the molecule is CNC(=O)CC(O)O. The molecule has 0 aromatic heterocycles. The molecule has 0 saturated heterocycles. The number of rotatable bonds is 2. The van der Waals surface area contributed by atoms with Gasteiger partial charge in [0.05, 0.1) is 6.42 Å². The van der Waals surface area contributed by atoms with Crippen molar-refractivity contribution in [3.63, 3.8) is 0 Å². The van der Waals surface area contributed by atoms with Crippen molar-refractivity contribution in [3.8, 4) is 0 Å². The number of hydrogen-bond donors (Lipinski definition) is 3. The highest BCUT2D eigenvalue weighted by Crippen LogP contribution is 1.82. The second-order valence-electron chi connectivity index (χ2n) is 1.36. The van der Waals surface area contributed by atoms with E-state index in [4.69, 9.17) is 10.2 Å². The maximum Gasteiger partial charge on any atom is 0.224 e. The van der Waals surface area contributed by atoms with Crippen LogP contribution < -0.4 is 5.32 Å². The molecule has 0 rings (SSSR count). The van der Waals surface area contributed by atoms with Gasteiger partial charge >= 0.3 is 0 Å². The number of hydrogen-bond acceptors (Lipinski definition) is 3. The highest BCUT2D eigenvalue weighted by molar-refractivity contribution is 5.75. The molecule has 0 radical (unpaired) electrons. The Morgan fingerprint density at radius 1 is 1.75 bits per heavy atom. The average Bonchev–Trinajstić information content (AvgIpc) is 1.65. The van der Waals surface area contributed by atoms with E-state index in [0.717, 1.165) is 0 Å². The number of carbonyl (C=O) groups is 1. The molecule has 0 atom stereocenters. The molecule has 1 amide bonds. The highest BCUT2D eigenvalue weighted by atomic mass is 16.5. The van der Waals surface area contributed by atoms with Crippen LogP contribution >= 0.6 is 0 Å². The molecule has 48 valence electrons. The van der Waals surface area contributed by atoms with Gasteiger partial charge < -0.3 is 15.5 Å². The van der Waals surface area contributed by atoms with E-state index < -0.39 is 6.29 Å². The largest absolute Gasteiger partial charge is 0.368 e. The van der Waals surface area contributed by atoms with Crippen LogP contribution in [-0.4, -0.2) is 29.5 Å². The zero-order valence-electron chi connectivity index (χ0n) is 4.59. The molecule has 0 saturated carbocycles. The summed E-state index contributed by atoms with van der Waals surface area (Å²) in [5.41, 5.74) is 0. The van der Waals surface area contributed by atoms with Crippen molar-refractivity contribution >= 4 is 5.91 Å². The lowest BCUT2D eigenvalue weighted by Gasteiger charge is -1.99. The van der Waals surface area contributed by atoms with Gasteiger partial charge in [0.1, 0.15) is 0 Å². The molecule has 0 fully saturated rings. The van der Waals surface area contributed by atoms with E-state index in [-0.39, 0.29) is 12.3 Å². The second-order valence-corrected chi connectivity index (χ2v) is 1.36. The first-order valence-electron chi connectivity index (χ1n) is 2.23. The lowest BCUT2D eigenvalue weighted by atomic mass is 10.4. The van der Waals surface area contributed by atoms with E-state index >= 15 is 0 Å². The van der Waals surface area contributed by atoms with E-state index in [9.17, 15) is 4.79 Å². The normalized spacial score (nSPS) is 9.50. The van der Waals surface area contributed by atoms with Gasteiger partial charge in [-0.2, -0.15) is 0 Å². The first-order valence-corrected chi connectivity index (χ1v) is 2.23. The van der Waals surface area contributed by atoms with Crippen LogP contribution in [0.2, 0.25) is 0 Å². The maximum atomic E-state index is 10.2. The number of amides is 1. The molecule has 0 aliphatic rings. The minimum Gasteiger partial charge on any atom is -0.368 e. The van der Waals surface area contributed by atoms with Crippen molar-refractivity contribution in [2.45, 2.75) is 12.7 Å². The summed E-state index contributed by atoms with van der Waals surface area (Å²) >= 11 is 0. The van der Waals surface area contributed by atoms with Crippen LogP contribution in [0.15, 0.2) is 0 Å². The van der Waals surface area contributed by atoms with Crippen LogP contribution in [0.3, 0.4) is 0 Å². The summed E-state index contributed by atoms with van der Waals surface area (Å²) in [5.74, 6) is -0.375. The summed E-state index contributed by atoms with van der Waals surface area (Å²) in [6.07, 6.45) is -1.79. The fourth-order valence-corrected chi connectivity index (χ4v) is 0.268. The molecule has 4 heteroatoms. The van der Waals surface area contributed by atoms with Gasteiger partial charge in [-0.05, 0) is 0 Å². The molecule has 8 heavy (non-hydrogen) atoms. The topological polar surface area (TPSA) is 69.6 Å². The van der Waals surface area contributed by atoms with Gasteiger partial charge in [-0.3, -0.25) is 4.79 Å². The Bertz CT molecular complexity index is 81.4. The van der Waals surface area contributed by atoms with Crippen molar-refractivity contribution in [2.75, 3.05) is 7.05 Å². The fourth-order valence-electron chi connectivity index (χ4n) is 0.268. The van der Waals surface area contributed by atoms with E-state index in [1.807, 2.05) is 0 Å². The zero-order chi connectivity index (χ0) is 6.57. The van der Waals surface area contributed by atoms with Crippen molar-refractivity contribution in [2.24, 2.45) is 0 Å². The maximum absolute atomic E-state index is 10.2. The molecule has 0 spiro atoms. The van der Waals surface area contributed by atoms with Gasteiger partial charge in [0.25, 0.3) is 0 Å². The van der Waals surface area contributed by atoms with Crippen molar-refractivity contribution in [3.05, 3.63) is 0 Å². The van der Waals surface area contributed by atoms with Crippen LogP contribution in [-0.2, 0) is 4.79 Å². The molecular formula is C4H9NO3. The molecule has 0 aliphatic carbocycles. The number of aliphatic hydroxyl groups is 2.